The van der Waals surface area contributed by atoms with Crippen LogP contribution < -0.4 is 10.6 Å². The number of halogens is 2. The fourth-order valence-electron chi connectivity index (χ4n) is 3.97. The standard InChI is InChI=1S/C26H28N4O.2ClH/c1-25(2)15-27-23(29-25)19-9-5-7-17(13-19)21-11-12-22(31-21)18-8-6-10-20(14-18)24-28-16-26(3,4)30-24;;/h5-14H,15-16H2,1-4H3,(H,27,29)(H,28,30);2*1H. The van der Waals surface area contributed by atoms with Gasteiger partial charge in [-0.1, -0.05) is 36.4 Å². The van der Waals surface area contributed by atoms with E-state index in [-0.39, 0.29) is 35.9 Å². The Hall–Kier alpha value is -2.76. The number of nitrogens with zero attached hydrogens (tertiary/aromatic N) is 2. The molecule has 1 aromatic heterocycles. The minimum Gasteiger partial charge on any atom is -0.456 e. The summed E-state index contributed by atoms with van der Waals surface area (Å²) < 4.78 is 6.25. The summed E-state index contributed by atoms with van der Waals surface area (Å²) in [6.07, 6.45) is 0. The maximum absolute atomic E-state index is 6.25. The lowest BCUT2D eigenvalue weighted by Gasteiger charge is -2.18. The van der Waals surface area contributed by atoms with E-state index >= 15 is 0 Å². The first kappa shape index (κ1) is 24.9. The predicted molar refractivity (Wildman–Crippen MR) is 141 cm³/mol. The zero-order chi connectivity index (χ0) is 21.6. The first-order chi connectivity index (χ1) is 14.8. The van der Waals surface area contributed by atoms with E-state index in [1.54, 1.807) is 0 Å². The van der Waals surface area contributed by atoms with Crippen LogP contribution >= 0.6 is 24.8 Å². The van der Waals surface area contributed by atoms with Gasteiger partial charge in [0, 0.05) is 22.3 Å². The van der Waals surface area contributed by atoms with Crippen molar-refractivity contribution in [2.24, 2.45) is 9.98 Å². The van der Waals surface area contributed by atoms with Gasteiger partial charge in [-0.05, 0) is 52.0 Å². The zero-order valence-corrected chi connectivity index (χ0v) is 20.9. The van der Waals surface area contributed by atoms with Gasteiger partial charge in [-0.3, -0.25) is 9.98 Å². The fraction of sp³-hybridized carbons (Fsp3) is 0.308. The molecule has 2 aliphatic rings. The molecule has 0 saturated carbocycles. The largest absolute Gasteiger partial charge is 0.456 e. The third-order valence-corrected chi connectivity index (χ3v) is 5.63. The van der Waals surface area contributed by atoms with E-state index in [2.05, 4.69) is 96.8 Å². The first-order valence-electron chi connectivity index (χ1n) is 10.7. The van der Waals surface area contributed by atoms with Crippen LogP contribution in [0.2, 0.25) is 0 Å². The Morgan fingerprint density at radius 1 is 0.636 bits per heavy atom. The van der Waals surface area contributed by atoms with Gasteiger partial charge in [-0.15, -0.1) is 24.8 Å². The minimum atomic E-state index is 0. The van der Waals surface area contributed by atoms with Crippen LogP contribution in [0, 0.1) is 0 Å². The number of nitrogens with one attached hydrogen (secondary N) is 2. The van der Waals surface area contributed by atoms with Gasteiger partial charge >= 0.3 is 0 Å². The number of rotatable bonds is 4. The molecular formula is C26H30Cl2N4O. The van der Waals surface area contributed by atoms with Crippen molar-refractivity contribution in [3.8, 4) is 22.6 Å². The summed E-state index contributed by atoms with van der Waals surface area (Å²) in [4.78, 5) is 9.32. The van der Waals surface area contributed by atoms with Gasteiger partial charge in [0.2, 0.25) is 0 Å². The number of amidine groups is 2. The Labute approximate surface area is 207 Å². The minimum absolute atomic E-state index is 0. The van der Waals surface area contributed by atoms with Gasteiger partial charge in [-0.2, -0.15) is 0 Å². The Balaban J connectivity index is 0.00000153. The molecule has 2 aliphatic heterocycles. The SMILES string of the molecule is CC1(C)CN=C(c2cccc(-c3ccc(-c4cccc(C5=NCC(C)(C)N5)c4)o3)c2)N1.Cl.Cl. The second-order valence-electron chi connectivity index (χ2n) is 9.67. The molecule has 0 saturated heterocycles. The van der Waals surface area contributed by atoms with Gasteiger partial charge in [0.1, 0.15) is 23.2 Å². The van der Waals surface area contributed by atoms with Crippen LogP contribution in [0.15, 0.2) is 75.1 Å². The normalized spacial score (nSPS) is 17.7. The van der Waals surface area contributed by atoms with Gasteiger partial charge in [0.25, 0.3) is 0 Å². The summed E-state index contributed by atoms with van der Waals surface area (Å²) in [6.45, 7) is 10.2. The smallest absolute Gasteiger partial charge is 0.134 e. The van der Waals surface area contributed by atoms with E-state index in [4.69, 9.17) is 4.42 Å². The van der Waals surface area contributed by atoms with Crippen LogP contribution in [0.5, 0.6) is 0 Å². The molecule has 5 rings (SSSR count). The molecule has 3 aromatic rings. The monoisotopic (exact) mass is 484 g/mol. The highest BCUT2D eigenvalue weighted by atomic mass is 35.5. The summed E-state index contributed by atoms with van der Waals surface area (Å²) in [6, 6.07) is 20.7. The van der Waals surface area contributed by atoms with E-state index in [1.165, 1.54) is 0 Å². The van der Waals surface area contributed by atoms with Gasteiger partial charge in [0.05, 0.1) is 24.2 Å². The number of hydrogen-bond donors (Lipinski definition) is 2. The van der Waals surface area contributed by atoms with E-state index in [0.29, 0.717) is 0 Å². The maximum atomic E-state index is 6.25. The van der Waals surface area contributed by atoms with Gasteiger partial charge < -0.3 is 15.1 Å². The second kappa shape index (κ2) is 9.24. The number of aliphatic imine (C=N–C) groups is 2. The Bertz CT molecular complexity index is 1120. The van der Waals surface area contributed by atoms with Crippen molar-refractivity contribution in [2.45, 2.75) is 38.8 Å². The number of hydrogen-bond acceptors (Lipinski definition) is 5. The summed E-state index contributed by atoms with van der Waals surface area (Å²) in [5.74, 6) is 3.58. The lowest BCUT2D eigenvalue weighted by Crippen LogP contribution is -2.39. The third-order valence-electron chi connectivity index (χ3n) is 5.63. The van der Waals surface area contributed by atoms with Crippen molar-refractivity contribution in [1.82, 2.24) is 10.6 Å². The van der Waals surface area contributed by atoms with Crippen LogP contribution in [-0.4, -0.2) is 35.8 Å². The highest BCUT2D eigenvalue weighted by Gasteiger charge is 2.26. The molecule has 0 bridgehead atoms. The molecule has 0 unspecified atom stereocenters. The van der Waals surface area contributed by atoms with E-state index in [1.807, 2.05) is 12.1 Å². The van der Waals surface area contributed by atoms with Crippen LogP contribution in [0.1, 0.15) is 38.8 Å². The van der Waals surface area contributed by atoms with Crippen molar-refractivity contribution in [1.29, 1.82) is 0 Å². The van der Waals surface area contributed by atoms with Crippen molar-refractivity contribution in [2.75, 3.05) is 13.1 Å². The summed E-state index contributed by atoms with van der Waals surface area (Å²) in [7, 11) is 0. The van der Waals surface area contributed by atoms with Crippen LogP contribution in [0.4, 0.5) is 0 Å². The van der Waals surface area contributed by atoms with E-state index in [9.17, 15) is 0 Å². The van der Waals surface area contributed by atoms with Crippen LogP contribution in [0.25, 0.3) is 22.6 Å². The molecule has 3 heterocycles. The molecule has 7 heteroatoms. The van der Waals surface area contributed by atoms with Crippen molar-refractivity contribution < 1.29 is 4.42 Å². The molecule has 0 fully saturated rings. The average Bonchev–Trinajstić information content (AvgIpc) is 3.46. The third kappa shape index (κ3) is 5.26. The lowest BCUT2D eigenvalue weighted by atomic mass is 10.1. The predicted octanol–water partition coefficient (Wildman–Crippen LogP) is 5.71. The number of benzene rings is 2. The molecular weight excluding hydrogens is 455 g/mol. The van der Waals surface area contributed by atoms with Crippen LogP contribution in [0.3, 0.4) is 0 Å². The molecule has 0 amide bonds. The molecule has 0 atom stereocenters. The zero-order valence-electron chi connectivity index (χ0n) is 19.3. The fourth-order valence-corrected chi connectivity index (χ4v) is 3.97. The lowest BCUT2D eigenvalue weighted by molar-refractivity contribution is 0.506. The van der Waals surface area contributed by atoms with Gasteiger partial charge in [-0.25, -0.2) is 0 Å². The highest BCUT2D eigenvalue weighted by Crippen LogP contribution is 2.30. The molecule has 2 aromatic carbocycles. The summed E-state index contributed by atoms with van der Waals surface area (Å²) in [5, 5.41) is 6.99. The molecule has 0 aliphatic carbocycles. The van der Waals surface area contributed by atoms with Crippen LogP contribution in [-0.2, 0) is 0 Å². The Morgan fingerprint density at radius 3 is 1.39 bits per heavy atom. The molecule has 0 spiro atoms. The highest BCUT2D eigenvalue weighted by molar-refractivity contribution is 6.02. The molecule has 5 nitrogen and oxygen atoms in total. The number of furan rings is 1. The van der Waals surface area contributed by atoms with Gasteiger partial charge in [0.15, 0.2) is 0 Å². The molecule has 33 heavy (non-hydrogen) atoms. The second-order valence-corrected chi connectivity index (χ2v) is 9.67. The topological polar surface area (TPSA) is 61.9 Å². The average molecular weight is 485 g/mol. The van der Waals surface area contributed by atoms with E-state index in [0.717, 1.165) is 58.5 Å². The molecule has 0 radical (unpaired) electrons. The maximum Gasteiger partial charge on any atom is 0.134 e. The van der Waals surface area contributed by atoms with Crippen molar-refractivity contribution >= 4 is 36.5 Å². The summed E-state index contributed by atoms with van der Waals surface area (Å²) >= 11 is 0. The van der Waals surface area contributed by atoms with Crippen molar-refractivity contribution in [3.05, 3.63) is 71.8 Å². The Morgan fingerprint density at radius 2 is 1.03 bits per heavy atom. The first-order valence-corrected chi connectivity index (χ1v) is 10.7. The summed E-state index contributed by atoms with van der Waals surface area (Å²) in [5.41, 5.74) is 4.24. The quantitative estimate of drug-likeness (QED) is 0.497. The van der Waals surface area contributed by atoms with E-state index < -0.39 is 0 Å². The molecule has 174 valence electrons. The Kier molecular flexibility index (Phi) is 6.96. The molecule has 2 N–H and O–H groups in total. The van der Waals surface area contributed by atoms with Crippen molar-refractivity contribution in [3.63, 3.8) is 0 Å².